The van der Waals surface area contributed by atoms with Crippen LogP contribution in [0.1, 0.15) is 39.2 Å². The zero-order valence-electron chi connectivity index (χ0n) is 12.5. The molecule has 0 aliphatic rings. The fourth-order valence-corrected chi connectivity index (χ4v) is 1.49. The summed E-state index contributed by atoms with van der Waals surface area (Å²) < 4.78 is 42.6. The van der Waals surface area contributed by atoms with Crippen molar-refractivity contribution in [3.8, 4) is 0 Å². The van der Waals surface area contributed by atoms with Crippen molar-refractivity contribution < 1.29 is 27.5 Å². The van der Waals surface area contributed by atoms with E-state index in [1.165, 1.54) is 0 Å². The molecule has 0 atom stereocenters. The maximum atomic E-state index is 12.5. The minimum Gasteiger partial charge on any atom is -0.460 e. The Balaban J connectivity index is 2.54. The molecule has 5 nitrogen and oxygen atoms in total. The van der Waals surface area contributed by atoms with Gasteiger partial charge in [0.25, 0.3) is 0 Å². The van der Waals surface area contributed by atoms with Gasteiger partial charge in [0, 0.05) is 12.6 Å². The topological polar surface area (TPSA) is 68.3 Å². The molecule has 1 N–H and O–H groups in total. The zero-order valence-corrected chi connectivity index (χ0v) is 12.5. The number of aromatic nitrogens is 1. The van der Waals surface area contributed by atoms with Gasteiger partial charge in [-0.05, 0) is 32.9 Å². The number of carbonyl (C=O) groups excluding carboxylic acids is 2. The van der Waals surface area contributed by atoms with E-state index >= 15 is 0 Å². The maximum Gasteiger partial charge on any atom is 0.416 e. The van der Waals surface area contributed by atoms with Crippen LogP contribution < -0.4 is 5.32 Å². The molecule has 122 valence electrons. The largest absolute Gasteiger partial charge is 0.460 e. The first-order chi connectivity index (χ1) is 9.97. The molecule has 1 aromatic heterocycles. The van der Waals surface area contributed by atoms with E-state index in [0.29, 0.717) is 0 Å². The standard InChI is InChI=1S/C14H17F3N2O3/c1-13(2,3)22-12(21)5-4-11(20)19-10-8-9(6-7-18-10)14(15,16)17/h6-8H,4-5H2,1-3H3,(H,18,19,20). The maximum absolute atomic E-state index is 12.5. The summed E-state index contributed by atoms with van der Waals surface area (Å²) in [6.07, 6.45) is -3.93. The van der Waals surface area contributed by atoms with E-state index < -0.39 is 29.2 Å². The molecular weight excluding hydrogens is 301 g/mol. The number of nitrogens with one attached hydrogen (secondary N) is 1. The summed E-state index contributed by atoms with van der Waals surface area (Å²) in [5.41, 5.74) is -1.57. The fraction of sp³-hybridized carbons (Fsp3) is 0.500. The van der Waals surface area contributed by atoms with E-state index in [2.05, 4.69) is 10.3 Å². The third-order valence-corrected chi connectivity index (χ3v) is 2.33. The number of hydrogen-bond acceptors (Lipinski definition) is 4. The molecule has 22 heavy (non-hydrogen) atoms. The number of ether oxygens (including phenoxy) is 1. The number of hydrogen-bond donors (Lipinski definition) is 1. The number of esters is 1. The molecule has 0 aliphatic heterocycles. The Hall–Kier alpha value is -2.12. The van der Waals surface area contributed by atoms with Crippen molar-refractivity contribution in [2.45, 2.75) is 45.4 Å². The van der Waals surface area contributed by atoms with Gasteiger partial charge >= 0.3 is 12.1 Å². The molecule has 0 saturated heterocycles. The van der Waals surface area contributed by atoms with E-state index in [9.17, 15) is 22.8 Å². The Morgan fingerprint density at radius 2 is 1.86 bits per heavy atom. The van der Waals surface area contributed by atoms with Crippen LogP contribution in [-0.4, -0.2) is 22.5 Å². The van der Waals surface area contributed by atoms with Crippen molar-refractivity contribution in [3.63, 3.8) is 0 Å². The normalized spacial score (nSPS) is 11.9. The van der Waals surface area contributed by atoms with Crippen molar-refractivity contribution in [3.05, 3.63) is 23.9 Å². The predicted molar refractivity (Wildman–Crippen MR) is 72.9 cm³/mol. The number of amides is 1. The quantitative estimate of drug-likeness (QED) is 0.866. The van der Waals surface area contributed by atoms with Gasteiger partial charge in [0.2, 0.25) is 5.91 Å². The summed E-state index contributed by atoms with van der Waals surface area (Å²) in [5, 5.41) is 2.21. The van der Waals surface area contributed by atoms with Gasteiger partial charge in [-0.15, -0.1) is 0 Å². The predicted octanol–water partition coefficient (Wildman–Crippen LogP) is 3.16. The Bertz CT molecular complexity index is 551. The van der Waals surface area contributed by atoms with E-state index in [-0.39, 0.29) is 18.7 Å². The van der Waals surface area contributed by atoms with Crippen LogP contribution in [0.5, 0.6) is 0 Å². The molecule has 0 saturated carbocycles. The smallest absolute Gasteiger partial charge is 0.416 e. The SMILES string of the molecule is CC(C)(C)OC(=O)CCC(=O)Nc1cc(C(F)(F)F)ccn1. The second-order valence-electron chi connectivity index (χ2n) is 5.56. The molecule has 0 spiro atoms. The van der Waals surface area contributed by atoms with Gasteiger partial charge in [-0.25, -0.2) is 4.98 Å². The van der Waals surface area contributed by atoms with Crippen molar-refractivity contribution >= 4 is 17.7 Å². The first-order valence-corrected chi connectivity index (χ1v) is 6.52. The molecule has 0 bridgehead atoms. The van der Waals surface area contributed by atoms with Gasteiger partial charge in [-0.1, -0.05) is 0 Å². The van der Waals surface area contributed by atoms with Crippen molar-refractivity contribution in [1.29, 1.82) is 0 Å². The summed E-state index contributed by atoms with van der Waals surface area (Å²) in [6.45, 7) is 5.08. The van der Waals surface area contributed by atoms with Crippen LogP contribution in [0.3, 0.4) is 0 Å². The summed E-state index contributed by atoms with van der Waals surface area (Å²) in [5.74, 6) is -1.39. The van der Waals surface area contributed by atoms with Gasteiger partial charge in [-0.2, -0.15) is 13.2 Å². The van der Waals surface area contributed by atoms with Crippen LogP contribution in [0.2, 0.25) is 0 Å². The van der Waals surface area contributed by atoms with Crippen LogP contribution in [-0.2, 0) is 20.5 Å². The molecule has 0 radical (unpaired) electrons. The van der Waals surface area contributed by atoms with E-state index in [4.69, 9.17) is 4.74 Å². The van der Waals surface area contributed by atoms with Crippen LogP contribution >= 0.6 is 0 Å². The van der Waals surface area contributed by atoms with Crippen LogP contribution in [0.15, 0.2) is 18.3 Å². The van der Waals surface area contributed by atoms with Gasteiger partial charge in [0.15, 0.2) is 0 Å². The second-order valence-corrected chi connectivity index (χ2v) is 5.56. The van der Waals surface area contributed by atoms with Gasteiger partial charge in [-0.3, -0.25) is 9.59 Å². The summed E-state index contributed by atoms with van der Waals surface area (Å²) in [7, 11) is 0. The number of alkyl halides is 3. The van der Waals surface area contributed by atoms with Crippen LogP contribution in [0.25, 0.3) is 0 Å². The first-order valence-electron chi connectivity index (χ1n) is 6.52. The molecule has 0 fully saturated rings. The van der Waals surface area contributed by atoms with Crippen molar-refractivity contribution in [2.75, 3.05) is 5.32 Å². The lowest BCUT2D eigenvalue weighted by Crippen LogP contribution is -2.24. The average molecular weight is 318 g/mol. The van der Waals surface area contributed by atoms with Crippen LogP contribution in [0, 0.1) is 0 Å². The lowest BCUT2D eigenvalue weighted by atomic mass is 10.2. The lowest BCUT2D eigenvalue weighted by molar-refractivity contribution is -0.155. The highest BCUT2D eigenvalue weighted by atomic mass is 19.4. The Morgan fingerprint density at radius 3 is 2.41 bits per heavy atom. The highest BCUT2D eigenvalue weighted by molar-refractivity contribution is 5.91. The van der Waals surface area contributed by atoms with Gasteiger partial charge in [0.1, 0.15) is 11.4 Å². The van der Waals surface area contributed by atoms with E-state index in [1.807, 2.05) is 0 Å². The number of carbonyl (C=O) groups is 2. The Morgan fingerprint density at radius 1 is 1.23 bits per heavy atom. The average Bonchev–Trinajstić information content (AvgIpc) is 2.34. The third-order valence-electron chi connectivity index (χ3n) is 2.33. The minimum atomic E-state index is -4.51. The summed E-state index contributed by atoms with van der Waals surface area (Å²) in [6, 6.07) is 1.53. The summed E-state index contributed by atoms with van der Waals surface area (Å²) in [4.78, 5) is 26.7. The van der Waals surface area contributed by atoms with Crippen molar-refractivity contribution in [2.24, 2.45) is 0 Å². The van der Waals surface area contributed by atoms with Gasteiger partial charge in [0.05, 0.1) is 12.0 Å². The van der Waals surface area contributed by atoms with E-state index in [1.54, 1.807) is 20.8 Å². The minimum absolute atomic E-state index is 0.165. The Labute approximate surface area is 125 Å². The molecular formula is C14H17F3N2O3. The number of anilines is 1. The molecule has 1 aromatic rings. The highest BCUT2D eigenvalue weighted by Gasteiger charge is 2.30. The molecule has 1 heterocycles. The molecule has 0 aliphatic carbocycles. The molecule has 1 rings (SSSR count). The monoisotopic (exact) mass is 318 g/mol. The third kappa shape index (κ3) is 6.55. The Kier molecular flexibility index (Phi) is 5.51. The number of nitrogens with zero attached hydrogens (tertiary/aromatic N) is 1. The molecule has 0 unspecified atom stereocenters. The first kappa shape index (κ1) is 17.9. The van der Waals surface area contributed by atoms with Gasteiger partial charge < -0.3 is 10.1 Å². The lowest BCUT2D eigenvalue weighted by Gasteiger charge is -2.19. The number of rotatable bonds is 4. The van der Waals surface area contributed by atoms with Crippen molar-refractivity contribution in [1.82, 2.24) is 4.98 Å². The molecule has 1 amide bonds. The highest BCUT2D eigenvalue weighted by Crippen LogP contribution is 2.29. The number of halogens is 3. The summed E-state index contributed by atoms with van der Waals surface area (Å²) >= 11 is 0. The second kappa shape index (κ2) is 6.76. The molecule has 0 aromatic carbocycles. The number of pyridine rings is 1. The molecule has 8 heteroatoms. The zero-order chi connectivity index (χ0) is 17.0. The van der Waals surface area contributed by atoms with E-state index in [0.717, 1.165) is 18.3 Å². The van der Waals surface area contributed by atoms with Crippen LogP contribution in [0.4, 0.5) is 19.0 Å². The fourth-order valence-electron chi connectivity index (χ4n) is 1.49.